The molecule has 1 N–H and O–H groups in total. The molecule has 7 heteroatoms. The van der Waals surface area contributed by atoms with Gasteiger partial charge in [-0.2, -0.15) is 5.10 Å². The van der Waals surface area contributed by atoms with Gasteiger partial charge in [-0.05, 0) is 50.2 Å². The molecule has 0 amide bonds. The summed E-state index contributed by atoms with van der Waals surface area (Å²) in [4.78, 5) is 11.5. The second-order valence-corrected chi connectivity index (χ2v) is 5.17. The van der Waals surface area contributed by atoms with Crippen molar-refractivity contribution >= 4 is 17.4 Å². The topological polar surface area (TPSA) is 78.4 Å². The van der Waals surface area contributed by atoms with Crippen LogP contribution >= 0.6 is 0 Å². The smallest absolute Gasteiger partial charge is 0.354 e. The second kappa shape index (κ2) is 7.57. The van der Waals surface area contributed by atoms with Gasteiger partial charge in [-0.3, -0.25) is 5.43 Å². The Labute approximate surface area is 145 Å². The van der Waals surface area contributed by atoms with Crippen LogP contribution in [0.3, 0.4) is 0 Å². The van der Waals surface area contributed by atoms with Gasteiger partial charge in [0.25, 0.3) is 0 Å². The van der Waals surface area contributed by atoms with Gasteiger partial charge in [0.1, 0.15) is 17.2 Å². The third kappa shape index (κ3) is 4.20. The van der Waals surface area contributed by atoms with E-state index in [-0.39, 0.29) is 12.5 Å². The summed E-state index contributed by atoms with van der Waals surface area (Å²) < 4.78 is 21.2. The standard InChI is InChI=1S/C18H18N2O5/c1-3-22-18(21)12(2)19-20-13-4-6-14(7-5-13)25-15-8-9-16-17(10-15)24-11-23-16/h4-10,20H,3,11H2,1-2H3/b19-12+. The van der Waals surface area contributed by atoms with E-state index >= 15 is 0 Å². The fourth-order valence-corrected chi connectivity index (χ4v) is 2.10. The number of benzene rings is 2. The molecule has 1 heterocycles. The van der Waals surface area contributed by atoms with E-state index in [1.165, 1.54) is 0 Å². The van der Waals surface area contributed by atoms with Crippen LogP contribution in [0.25, 0.3) is 0 Å². The molecule has 1 aliphatic rings. The number of carbonyl (C=O) groups is 1. The van der Waals surface area contributed by atoms with Crippen molar-refractivity contribution in [3.8, 4) is 23.0 Å². The van der Waals surface area contributed by atoms with E-state index in [4.69, 9.17) is 18.9 Å². The molecule has 0 fully saturated rings. The average Bonchev–Trinajstić information content (AvgIpc) is 3.09. The van der Waals surface area contributed by atoms with Crippen LogP contribution in [0.4, 0.5) is 5.69 Å². The maximum absolute atomic E-state index is 11.5. The first-order valence-corrected chi connectivity index (χ1v) is 7.80. The van der Waals surface area contributed by atoms with Crippen LogP contribution in [0, 0.1) is 0 Å². The zero-order valence-corrected chi connectivity index (χ0v) is 13.9. The molecule has 0 atom stereocenters. The third-order valence-electron chi connectivity index (χ3n) is 3.36. The van der Waals surface area contributed by atoms with Crippen LogP contribution in [0.5, 0.6) is 23.0 Å². The molecule has 25 heavy (non-hydrogen) atoms. The van der Waals surface area contributed by atoms with E-state index in [1.54, 1.807) is 50.2 Å². The van der Waals surface area contributed by atoms with Crippen molar-refractivity contribution in [1.29, 1.82) is 0 Å². The molecular weight excluding hydrogens is 324 g/mol. The van der Waals surface area contributed by atoms with E-state index in [0.717, 1.165) is 5.69 Å². The highest BCUT2D eigenvalue weighted by molar-refractivity contribution is 6.35. The first-order chi connectivity index (χ1) is 12.2. The minimum absolute atomic E-state index is 0.227. The summed E-state index contributed by atoms with van der Waals surface area (Å²) in [6.45, 7) is 3.88. The Hall–Kier alpha value is -3.22. The van der Waals surface area contributed by atoms with Crippen molar-refractivity contribution in [1.82, 2.24) is 0 Å². The Bertz CT molecular complexity index is 787. The van der Waals surface area contributed by atoms with Gasteiger partial charge in [0.05, 0.1) is 12.3 Å². The van der Waals surface area contributed by atoms with Crippen LogP contribution in [0.2, 0.25) is 0 Å². The van der Waals surface area contributed by atoms with E-state index in [2.05, 4.69) is 10.5 Å². The van der Waals surface area contributed by atoms with E-state index in [9.17, 15) is 4.79 Å². The highest BCUT2D eigenvalue weighted by Crippen LogP contribution is 2.36. The first kappa shape index (κ1) is 16.6. The van der Waals surface area contributed by atoms with Crippen molar-refractivity contribution in [2.24, 2.45) is 5.10 Å². The fourth-order valence-electron chi connectivity index (χ4n) is 2.10. The lowest BCUT2D eigenvalue weighted by Gasteiger charge is -2.08. The molecule has 3 rings (SSSR count). The van der Waals surface area contributed by atoms with E-state index in [1.807, 2.05) is 6.07 Å². The number of hydrogen-bond donors (Lipinski definition) is 1. The quantitative estimate of drug-likeness (QED) is 0.491. The zero-order chi connectivity index (χ0) is 17.6. The Morgan fingerprint density at radius 3 is 2.60 bits per heavy atom. The Kier molecular flexibility index (Phi) is 5.03. The predicted molar refractivity (Wildman–Crippen MR) is 92.4 cm³/mol. The Morgan fingerprint density at radius 2 is 1.84 bits per heavy atom. The van der Waals surface area contributed by atoms with Crippen molar-refractivity contribution in [2.45, 2.75) is 13.8 Å². The summed E-state index contributed by atoms with van der Waals surface area (Å²) in [5, 5.41) is 3.99. The Balaban J connectivity index is 1.60. The fraction of sp³-hybridized carbons (Fsp3) is 0.222. The second-order valence-electron chi connectivity index (χ2n) is 5.17. The summed E-state index contributed by atoms with van der Waals surface area (Å²) in [5.74, 6) is 2.25. The van der Waals surface area contributed by atoms with Crippen molar-refractivity contribution in [2.75, 3.05) is 18.8 Å². The maximum Gasteiger partial charge on any atom is 0.354 e. The number of carbonyl (C=O) groups excluding carboxylic acids is 1. The SMILES string of the molecule is CCOC(=O)/C(C)=N/Nc1ccc(Oc2ccc3c(c2)OCO3)cc1. The molecule has 130 valence electrons. The lowest BCUT2D eigenvalue weighted by atomic mass is 10.3. The highest BCUT2D eigenvalue weighted by atomic mass is 16.7. The largest absolute Gasteiger partial charge is 0.461 e. The highest BCUT2D eigenvalue weighted by Gasteiger charge is 2.14. The average molecular weight is 342 g/mol. The van der Waals surface area contributed by atoms with Gasteiger partial charge in [-0.25, -0.2) is 4.79 Å². The number of fused-ring (bicyclic) bond motifs is 1. The molecule has 0 spiro atoms. The van der Waals surface area contributed by atoms with Crippen LogP contribution in [-0.4, -0.2) is 25.1 Å². The van der Waals surface area contributed by atoms with Crippen LogP contribution in [0.1, 0.15) is 13.8 Å². The van der Waals surface area contributed by atoms with Crippen molar-refractivity contribution in [3.05, 3.63) is 42.5 Å². The van der Waals surface area contributed by atoms with Gasteiger partial charge in [-0.1, -0.05) is 0 Å². The molecule has 2 aromatic rings. The molecule has 0 aromatic heterocycles. The van der Waals surface area contributed by atoms with Gasteiger partial charge in [0, 0.05) is 6.07 Å². The number of hydrazone groups is 1. The van der Waals surface area contributed by atoms with Gasteiger partial charge < -0.3 is 18.9 Å². The van der Waals surface area contributed by atoms with Crippen molar-refractivity contribution < 1.29 is 23.7 Å². The monoisotopic (exact) mass is 342 g/mol. The minimum Gasteiger partial charge on any atom is -0.461 e. The van der Waals surface area contributed by atoms with Crippen molar-refractivity contribution in [3.63, 3.8) is 0 Å². The summed E-state index contributed by atoms with van der Waals surface area (Å²) in [7, 11) is 0. The number of esters is 1. The summed E-state index contributed by atoms with van der Waals surface area (Å²) >= 11 is 0. The van der Waals surface area contributed by atoms with Crippen LogP contribution in [-0.2, 0) is 9.53 Å². The third-order valence-corrected chi connectivity index (χ3v) is 3.36. The number of nitrogens with zero attached hydrogens (tertiary/aromatic N) is 1. The van der Waals surface area contributed by atoms with Crippen LogP contribution in [0.15, 0.2) is 47.6 Å². The molecule has 0 saturated heterocycles. The number of nitrogens with one attached hydrogen (secondary N) is 1. The number of rotatable bonds is 6. The summed E-state index contributed by atoms with van der Waals surface area (Å²) in [5.41, 5.74) is 3.78. The molecule has 0 radical (unpaired) electrons. The van der Waals surface area contributed by atoms with Gasteiger partial charge in [0.15, 0.2) is 11.5 Å². The lowest BCUT2D eigenvalue weighted by Crippen LogP contribution is -2.15. The summed E-state index contributed by atoms with van der Waals surface area (Å²) in [6.07, 6.45) is 0. The summed E-state index contributed by atoms with van der Waals surface area (Å²) in [6, 6.07) is 12.6. The zero-order valence-electron chi connectivity index (χ0n) is 13.9. The molecular formula is C18H18N2O5. The van der Waals surface area contributed by atoms with E-state index < -0.39 is 5.97 Å². The van der Waals surface area contributed by atoms with Gasteiger partial charge in [0.2, 0.25) is 6.79 Å². The lowest BCUT2D eigenvalue weighted by molar-refractivity contribution is -0.135. The number of anilines is 1. The molecule has 0 aliphatic carbocycles. The molecule has 1 aliphatic heterocycles. The molecule has 0 bridgehead atoms. The van der Waals surface area contributed by atoms with Gasteiger partial charge >= 0.3 is 5.97 Å². The van der Waals surface area contributed by atoms with Gasteiger partial charge in [-0.15, -0.1) is 0 Å². The molecule has 0 unspecified atom stereocenters. The predicted octanol–water partition coefficient (Wildman–Crippen LogP) is 3.56. The molecule has 7 nitrogen and oxygen atoms in total. The molecule has 0 saturated carbocycles. The van der Waals surface area contributed by atoms with E-state index in [0.29, 0.717) is 29.6 Å². The van der Waals surface area contributed by atoms with Crippen LogP contribution < -0.4 is 19.6 Å². The number of hydrogen-bond acceptors (Lipinski definition) is 7. The normalized spacial score (nSPS) is 12.6. The maximum atomic E-state index is 11.5. The minimum atomic E-state index is -0.447. The number of ether oxygens (including phenoxy) is 4. The Morgan fingerprint density at radius 1 is 1.12 bits per heavy atom. The first-order valence-electron chi connectivity index (χ1n) is 7.80. The molecule has 2 aromatic carbocycles.